The fraction of sp³-hybridized carbons (Fsp3) is 0.526. The highest BCUT2D eigenvalue weighted by atomic mass is 32.1. The number of hydrogen-bond acceptors (Lipinski definition) is 9. The highest BCUT2D eigenvalue weighted by Gasteiger charge is 2.39. The number of esters is 2. The van der Waals surface area contributed by atoms with Gasteiger partial charge in [0, 0.05) is 17.3 Å². The molecular formula is C38H52N2O7SSi. The number of hydrogen-bond donors (Lipinski definition) is 0. The molecule has 3 aromatic rings. The minimum Gasteiger partial charge on any atom is -0.464 e. The predicted molar refractivity (Wildman–Crippen MR) is 195 cm³/mol. The third kappa shape index (κ3) is 9.18. The monoisotopic (exact) mass is 708 g/mol. The number of ether oxygens (including phenoxy) is 3. The Morgan fingerprint density at radius 3 is 2.02 bits per heavy atom. The van der Waals surface area contributed by atoms with E-state index in [9.17, 15) is 14.4 Å². The number of carbonyl (C=O) groups excluding carboxylic acids is 3. The van der Waals surface area contributed by atoms with Crippen molar-refractivity contribution in [2.45, 2.75) is 104 Å². The molecule has 0 spiro atoms. The van der Waals surface area contributed by atoms with Gasteiger partial charge in [-0.1, -0.05) is 83.1 Å². The maximum Gasteiger partial charge on any atom is 0.410 e. The summed E-state index contributed by atoms with van der Waals surface area (Å²) in [6, 6.07) is 18.6. The lowest BCUT2D eigenvalue weighted by Crippen LogP contribution is -2.49. The van der Waals surface area contributed by atoms with Gasteiger partial charge >= 0.3 is 18.0 Å². The first-order valence-corrected chi connectivity index (χ1v) is 20.7. The first-order chi connectivity index (χ1) is 23.3. The summed E-state index contributed by atoms with van der Waals surface area (Å²) < 4.78 is 23.8. The molecule has 49 heavy (non-hydrogen) atoms. The van der Waals surface area contributed by atoms with Crippen LogP contribution in [0.15, 0.2) is 53.9 Å². The molecule has 266 valence electrons. The third-order valence-corrected chi connectivity index (χ3v) is 15.0. The molecule has 0 aliphatic heterocycles. The molecule has 0 saturated carbocycles. The van der Waals surface area contributed by atoms with Crippen LogP contribution in [0.4, 0.5) is 4.79 Å². The topological polar surface area (TPSA) is 104 Å². The molecule has 0 unspecified atom stereocenters. The van der Waals surface area contributed by atoms with Crippen molar-refractivity contribution in [1.82, 2.24) is 9.88 Å². The maximum absolute atomic E-state index is 14.3. The van der Waals surface area contributed by atoms with Gasteiger partial charge in [-0.05, 0) is 73.5 Å². The van der Waals surface area contributed by atoms with E-state index in [4.69, 9.17) is 18.6 Å². The molecule has 2 aromatic carbocycles. The molecule has 0 fully saturated rings. The van der Waals surface area contributed by atoms with Crippen LogP contribution >= 0.6 is 11.3 Å². The van der Waals surface area contributed by atoms with E-state index in [2.05, 4.69) is 50.0 Å². The molecule has 2 atom stereocenters. The molecule has 0 radical (unpaired) electrons. The fourth-order valence-electron chi connectivity index (χ4n) is 6.62. The number of rotatable bonds is 15. The van der Waals surface area contributed by atoms with E-state index in [0.717, 1.165) is 40.4 Å². The van der Waals surface area contributed by atoms with Crippen LogP contribution in [-0.2, 0) is 23.4 Å². The molecular weight excluding hydrogens is 657 g/mol. The zero-order valence-corrected chi connectivity index (χ0v) is 32.2. The highest BCUT2D eigenvalue weighted by molar-refractivity contribution is 7.09. The summed E-state index contributed by atoms with van der Waals surface area (Å²) in [4.78, 5) is 46.1. The van der Waals surface area contributed by atoms with Crippen LogP contribution in [0.1, 0.15) is 100 Å². The largest absolute Gasteiger partial charge is 0.464 e. The predicted octanol–water partition coefficient (Wildman–Crippen LogP) is 9.00. The fourth-order valence-corrected chi connectivity index (χ4v) is 10.3. The zero-order valence-electron chi connectivity index (χ0n) is 30.4. The van der Waals surface area contributed by atoms with Crippen LogP contribution in [0.3, 0.4) is 0 Å². The number of benzene rings is 2. The zero-order chi connectivity index (χ0) is 35.9. The van der Waals surface area contributed by atoms with E-state index in [-0.39, 0.29) is 30.7 Å². The molecule has 11 heteroatoms. The van der Waals surface area contributed by atoms with E-state index >= 15 is 0 Å². The van der Waals surface area contributed by atoms with Crippen LogP contribution in [0, 0.1) is 5.92 Å². The van der Waals surface area contributed by atoms with E-state index in [1.807, 2.05) is 38.1 Å². The Morgan fingerprint density at radius 2 is 1.51 bits per heavy atom. The molecule has 0 saturated heterocycles. The van der Waals surface area contributed by atoms with Crippen LogP contribution in [-0.4, -0.2) is 68.1 Å². The smallest absolute Gasteiger partial charge is 0.410 e. The van der Waals surface area contributed by atoms with Gasteiger partial charge in [0.05, 0.1) is 13.2 Å². The average molecular weight is 709 g/mol. The second kappa shape index (κ2) is 16.4. The van der Waals surface area contributed by atoms with Gasteiger partial charge in [-0.15, -0.1) is 11.3 Å². The third-order valence-electron chi connectivity index (χ3n) is 9.43. The van der Waals surface area contributed by atoms with Crippen molar-refractivity contribution in [3.8, 4) is 11.1 Å². The number of methoxy groups -OCH3 is 1. The van der Waals surface area contributed by atoms with Crippen molar-refractivity contribution in [1.29, 1.82) is 0 Å². The normalized spacial score (nSPS) is 14.2. The maximum atomic E-state index is 14.3. The van der Waals surface area contributed by atoms with E-state index in [1.54, 1.807) is 26.2 Å². The number of fused-ring (bicyclic) bond motifs is 3. The Bertz CT molecular complexity index is 1540. The molecule has 0 bridgehead atoms. The number of carbonyl (C=O) groups is 3. The van der Waals surface area contributed by atoms with Crippen molar-refractivity contribution in [3.05, 3.63) is 75.7 Å². The van der Waals surface area contributed by atoms with Crippen LogP contribution < -0.4 is 0 Å². The van der Waals surface area contributed by atoms with Gasteiger partial charge in [0.15, 0.2) is 14.0 Å². The minimum atomic E-state index is -2.19. The Kier molecular flexibility index (Phi) is 12.8. The van der Waals surface area contributed by atoms with Gasteiger partial charge < -0.3 is 18.6 Å². The Morgan fingerprint density at radius 1 is 0.939 bits per heavy atom. The highest BCUT2D eigenvalue weighted by Crippen LogP contribution is 2.45. The Hall–Kier alpha value is -3.54. The number of aromatic nitrogens is 1. The summed E-state index contributed by atoms with van der Waals surface area (Å²) in [6.07, 6.45) is -0.748. The number of thiazole rings is 1. The SMILES string of the molecule is CC[Si](CC)(CC)O[C@H](C[C@H](C(C)C)N(CC(=O)OC(C)(C)C)C(=O)OCC1c2ccccc2-c2ccccc21)c1nc(C(=O)OC)cs1. The molecule has 9 nitrogen and oxygen atoms in total. The lowest BCUT2D eigenvalue weighted by atomic mass is 9.96. The van der Waals surface area contributed by atoms with Crippen LogP contribution in [0.2, 0.25) is 18.1 Å². The lowest BCUT2D eigenvalue weighted by molar-refractivity contribution is -0.156. The summed E-state index contributed by atoms with van der Waals surface area (Å²) >= 11 is 1.34. The van der Waals surface area contributed by atoms with Gasteiger partial charge in [-0.2, -0.15) is 0 Å². The Balaban J connectivity index is 1.68. The molecule has 1 aliphatic rings. The molecule has 4 rings (SSSR count). The minimum absolute atomic E-state index is 0.0880. The number of amides is 1. The first-order valence-electron chi connectivity index (χ1n) is 17.3. The van der Waals surface area contributed by atoms with E-state index < -0.39 is 44.1 Å². The summed E-state index contributed by atoms with van der Waals surface area (Å²) in [5.74, 6) is -1.26. The van der Waals surface area contributed by atoms with Gasteiger partial charge in [0.25, 0.3) is 0 Å². The molecule has 1 amide bonds. The van der Waals surface area contributed by atoms with Gasteiger partial charge in [0.2, 0.25) is 0 Å². The summed E-state index contributed by atoms with van der Waals surface area (Å²) in [7, 11) is -0.864. The lowest BCUT2D eigenvalue weighted by Gasteiger charge is -2.38. The average Bonchev–Trinajstić information content (AvgIpc) is 3.69. The first kappa shape index (κ1) is 38.3. The second-order valence-corrected chi connectivity index (χ2v) is 19.6. The quantitative estimate of drug-likeness (QED) is 0.0876. The van der Waals surface area contributed by atoms with E-state index in [1.165, 1.54) is 23.3 Å². The molecule has 1 aromatic heterocycles. The van der Waals surface area contributed by atoms with Gasteiger partial charge in [-0.25, -0.2) is 14.6 Å². The van der Waals surface area contributed by atoms with Crippen LogP contribution in [0.25, 0.3) is 11.1 Å². The van der Waals surface area contributed by atoms with Gasteiger partial charge in [-0.3, -0.25) is 9.69 Å². The second-order valence-electron chi connectivity index (χ2n) is 14.0. The summed E-state index contributed by atoms with van der Waals surface area (Å²) in [5, 5.41) is 2.32. The standard InChI is InChI=1S/C38H52N2O7SSi/c1-10-49(11-2,12-3)47-33(35-39-31(24-48-35)36(42)44-9)21-32(25(4)5)40(22-34(41)46-38(6,7)8)37(43)45-23-30-28-19-15-13-17-26(28)27-18-14-16-20-29(27)30/h13-20,24-25,30,32-33H,10-12,21-23H2,1-9H3/t32-,33-/m1/s1. The van der Waals surface area contributed by atoms with Crippen molar-refractivity contribution in [2.24, 2.45) is 5.92 Å². The summed E-state index contributed by atoms with van der Waals surface area (Å²) in [5.41, 5.74) is 3.97. The van der Waals surface area contributed by atoms with Gasteiger partial charge in [0.1, 0.15) is 23.8 Å². The van der Waals surface area contributed by atoms with Crippen LogP contribution in [0.5, 0.6) is 0 Å². The molecule has 1 aliphatic carbocycles. The Labute approximate surface area is 296 Å². The molecule has 1 heterocycles. The van der Waals surface area contributed by atoms with E-state index in [0.29, 0.717) is 11.4 Å². The number of nitrogens with zero attached hydrogens (tertiary/aromatic N) is 2. The van der Waals surface area contributed by atoms with Crippen molar-refractivity contribution in [3.63, 3.8) is 0 Å². The van der Waals surface area contributed by atoms with Crippen molar-refractivity contribution in [2.75, 3.05) is 20.3 Å². The summed E-state index contributed by atoms with van der Waals surface area (Å²) in [6.45, 7) is 15.8. The van der Waals surface area contributed by atoms with Crippen molar-refractivity contribution >= 4 is 37.7 Å². The van der Waals surface area contributed by atoms with Crippen molar-refractivity contribution < 1.29 is 33.0 Å². The molecule has 0 N–H and O–H groups in total.